The van der Waals surface area contributed by atoms with Gasteiger partial charge in [-0.3, -0.25) is 0 Å². The van der Waals surface area contributed by atoms with Crippen molar-refractivity contribution in [3.8, 4) is 0 Å². The molecule has 106 valence electrons. The number of sulfonamides is 1. The smallest absolute Gasteiger partial charge is 0.211 e. The molecule has 2 aliphatic heterocycles. The fraction of sp³-hybridized carbons (Fsp3) is 1.00. The van der Waals surface area contributed by atoms with Crippen molar-refractivity contribution in [1.82, 2.24) is 9.21 Å². The molecule has 4 nitrogen and oxygen atoms in total. The van der Waals surface area contributed by atoms with E-state index in [1.54, 1.807) is 4.31 Å². The topological polar surface area (TPSA) is 40.6 Å². The Kier molecular flexibility index (Phi) is 5.04. The van der Waals surface area contributed by atoms with Gasteiger partial charge in [-0.05, 0) is 57.7 Å². The minimum atomic E-state index is -2.96. The molecule has 0 spiro atoms. The van der Waals surface area contributed by atoms with E-state index in [1.807, 2.05) is 0 Å². The molecule has 2 saturated heterocycles. The second-order valence-corrected chi connectivity index (χ2v) is 7.78. The minimum absolute atomic E-state index is 0.726. The Bertz CT molecular complexity index is 342. The second kappa shape index (κ2) is 6.35. The predicted molar refractivity (Wildman–Crippen MR) is 74.0 cm³/mol. The lowest BCUT2D eigenvalue weighted by molar-refractivity contribution is 0.191. The van der Waals surface area contributed by atoms with Gasteiger partial charge in [-0.15, -0.1) is 0 Å². The molecule has 0 atom stereocenters. The van der Waals surface area contributed by atoms with Crippen LogP contribution in [0.2, 0.25) is 0 Å². The van der Waals surface area contributed by atoms with E-state index in [9.17, 15) is 8.42 Å². The zero-order valence-corrected chi connectivity index (χ0v) is 12.3. The van der Waals surface area contributed by atoms with Crippen LogP contribution in [0.4, 0.5) is 0 Å². The van der Waals surface area contributed by atoms with Crippen molar-refractivity contribution >= 4 is 10.0 Å². The molecule has 18 heavy (non-hydrogen) atoms. The quantitative estimate of drug-likeness (QED) is 0.780. The molecule has 0 aliphatic carbocycles. The van der Waals surface area contributed by atoms with E-state index in [-0.39, 0.29) is 0 Å². The Morgan fingerprint density at radius 1 is 1.00 bits per heavy atom. The van der Waals surface area contributed by atoms with Gasteiger partial charge in [0.15, 0.2) is 0 Å². The summed E-state index contributed by atoms with van der Waals surface area (Å²) in [5, 5.41) is 0. The van der Waals surface area contributed by atoms with Crippen LogP contribution >= 0.6 is 0 Å². The van der Waals surface area contributed by atoms with Crippen LogP contribution in [0.1, 0.15) is 38.5 Å². The molecule has 0 saturated carbocycles. The molecule has 5 heteroatoms. The SMILES string of the molecule is CS(=O)(=O)N1CCC(CCN2CCCCC2)CC1. The molecule has 0 aromatic carbocycles. The van der Waals surface area contributed by atoms with Crippen LogP contribution in [0.3, 0.4) is 0 Å². The van der Waals surface area contributed by atoms with Gasteiger partial charge in [0.05, 0.1) is 6.26 Å². The highest BCUT2D eigenvalue weighted by Crippen LogP contribution is 2.23. The lowest BCUT2D eigenvalue weighted by atomic mass is 9.94. The largest absolute Gasteiger partial charge is 0.303 e. The monoisotopic (exact) mass is 274 g/mol. The summed E-state index contributed by atoms with van der Waals surface area (Å²) in [6.07, 6.45) is 8.75. The van der Waals surface area contributed by atoms with Crippen molar-refractivity contribution in [2.24, 2.45) is 5.92 Å². The van der Waals surface area contributed by atoms with Gasteiger partial charge in [-0.1, -0.05) is 6.42 Å². The third kappa shape index (κ3) is 4.21. The molecule has 0 unspecified atom stereocenters. The van der Waals surface area contributed by atoms with Crippen molar-refractivity contribution in [2.45, 2.75) is 38.5 Å². The van der Waals surface area contributed by atoms with Gasteiger partial charge in [-0.25, -0.2) is 12.7 Å². The highest BCUT2D eigenvalue weighted by atomic mass is 32.2. The van der Waals surface area contributed by atoms with Crippen LogP contribution in [0.15, 0.2) is 0 Å². The third-order valence-corrected chi connectivity index (χ3v) is 5.65. The lowest BCUT2D eigenvalue weighted by Gasteiger charge is -2.32. The Labute approximate surface area is 111 Å². The number of rotatable bonds is 4. The summed E-state index contributed by atoms with van der Waals surface area (Å²) in [5.41, 5.74) is 0. The molecule has 0 N–H and O–H groups in total. The highest BCUT2D eigenvalue weighted by Gasteiger charge is 2.25. The fourth-order valence-electron chi connectivity index (χ4n) is 3.08. The molecule has 0 radical (unpaired) electrons. The molecular weight excluding hydrogens is 248 g/mol. The van der Waals surface area contributed by atoms with E-state index < -0.39 is 10.0 Å². The summed E-state index contributed by atoms with van der Waals surface area (Å²) in [6, 6.07) is 0. The molecule has 2 aliphatic rings. The van der Waals surface area contributed by atoms with E-state index in [2.05, 4.69) is 4.90 Å². The van der Waals surface area contributed by atoms with Gasteiger partial charge in [0, 0.05) is 13.1 Å². The normalized spacial score (nSPS) is 25.4. The van der Waals surface area contributed by atoms with Gasteiger partial charge in [0.25, 0.3) is 0 Å². The minimum Gasteiger partial charge on any atom is -0.303 e. The van der Waals surface area contributed by atoms with Gasteiger partial charge in [0.1, 0.15) is 0 Å². The Balaban J connectivity index is 1.67. The number of piperidine rings is 2. The zero-order chi connectivity index (χ0) is 13.0. The average Bonchev–Trinajstić information content (AvgIpc) is 2.37. The molecule has 2 fully saturated rings. The number of nitrogens with zero attached hydrogens (tertiary/aromatic N) is 2. The van der Waals surface area contributed by atoms with Gasteiger partial charge < -0.3 is 4.90 Å². The van der Waals surface area contributed by atoms with Crippen LogP contribution in [-0.4, -0.2) is 56.6 Å². The molecule has 2 rings (SSSR count). The summed E-state index contributed by atoms with van der Waals surface area (Å²) in [5.74, 6) is 0.727. The molecule has 0 aromatic heterocycles. The molecule has 2 heterocycles. The summed E-state index contributed by atoms with van der Waals surface area (Å²) in [7, 11) is -2.96. The fourth-order valence-corrected chi connectivity index (χ4v) is 3.95. The molecule has 0 amide bonds. The van der Waals surface area contributed by atoms with Gasteiger partial charge in [-0.2, -0.15) is 0 Å². The first-order chi connectivity index (χ1) is 8.55. The predicted octanol–water partition coefficient (Wildman–Crippen LogP) is 1.53. The first-order valence-electron chi connectivity index (χ1n) is 7.23. The molecule has 0 bridgehead atoms. The van der Waals surface area contributed by atoms with Crippen LogP contribution in [0, 0.1) is 5.92 Å². The van der Waals surface area contributed by atoms with Crippen molar-refractivity contribution in [1.29, 1.82) is 0 Å². The maximum absolute atomic E-state index is 11.4. The highest BCUT2D eigenvalue weighted by molar-refractivity contribution is 7.88. The molecular formula is C13H26N2O2S. The van der Waals surface area contributed by atoms with Gasteiger partial charge >= 0.3 is 0 Å². The summed E-state index contributed by atoms with van der Waals surface area (Å²) < 4.78 is 24.5. The van der Waals surface area contributed by atoms with E-state index in [1.165, 1.54) is 51.6 Å². The molecule has 0 aromatic rings. The van der Waals surface area contributed by atoms with Crippen LogP contribution in [0.5, 0.6) is 0 Å². The Hall–Kier alpha value is -0.130. The van der Waals surface area contributed by atoms with Crippen molar-refractivity contribution in [2.75, 3.05) is 39.0 Å². The van der Waals surface area contributed by atoms with Crippen molar-refractivity contribution in [3.05, 3.63) is 0 Å². The maximum Gasteiger partial charge on any atom is 0.211 e. The van der Waals surface area contributed by atoms with Crippen LogP contribution in [0.25, 0.3) is 0 Å². The van der Waals surface area contributed by atoms with Gasteiger partial charge in [0.2, 0.25) is 10.0 Å². The van der Waals surface area contributed by atoms with E-state index in [4.69, 9.17) is 0 Å². The zero-order valence-electron chi connectivity index (χ0n) is 11.5. The average molecular weight is 274 g/mol. The first-order valence-corrected chi connectivity index (χ1v) is 9.08. The van der Waals surface area contributed by atoms with Crippen molar-refractivity contribution < 1.29 is 8.42 Å². The number of hydrogen-bond donors (Lipinski definition) is 0. The second-order valence-electron chi connectivity index (χ2n) is 5.80. The summed E-state index contributed by atoms with van der Waals surface area (Å²) >= 11 is 0. The summed E-state index contributed by atoms with van der Waals surface area (Å²) in [4.78, 5) is 2.58. The van der Waals surface area contributed by atoms with E-state index >= 15 is 0 Å². The third-order valence-electron chi connectivity index (χ3n) is 4.34. The lowest BCUT2D eigenvalue weighted by Crippen LogP contribution is -2.39. The summed E-state index contributed by atoms with van der Waals surface area (Å²) in [6.45, 7) is 5.20. The number of likely N-dealkylation sites (tertiary alicyclic amines) is 1. The van der Waals surface area contributed by atoms with E-state index in [0.717, 1.165) is 31.8 Å². The Morgan fingerprint density at radius 2 is 1.61 bits per heavy atom. The van der Waals surface area contributed by atoms with E-state index in [0.29, 0.717) is 0 Å². The van der Waals surface area contributed by atoms with Crippen LogP contribution < -0.4 is 0 Å². The standard InChI is InChI=1S/C13H26N2O2S/c1-18(16,17)15-11-6-13(7-12-15)5-10-14-8-3-2-4-9-14/h13H,2-12H2,1H3. The maximum atomic E-state index is 11.4. The van der Waals surface area contributed by atoms with Crippen LogP contribution in [-0.2, 0) is 10.0 Å². The first kappa shape index (κ1) is 14.3. The van der Waals surface area contributed by atoms with Crippen molar-refractivity contribution in [3.63, 3.8) is 0 Å². The Morgan fingerprint density at radius 3 is 2.17 bits per heavy atom. The number of hydrogen-bond acceptors (Lipinski definition) is 3.